The number of aromatic hydroxyl groups is 1. The van der Waals surface area contributed by atoms with E-state index in [-0.39, 0.29) is 23.9 Å². The highest BCUT2D eigenvalue weighted by Crippen LogP contribution is 2.33. The molecule has 1 amide bonds. The van der Waals surface area contributed by atoms with Crippen LogP contribution in [-0.4, -0.2) is 60.1 Å². The molecule has 0 bridgehead atoms. The van der Waals surface area contributed by atoms with E-state index in [1.165, 1.54) is 0 Å². The fourth-order valence-electron chi connectivity index (χ4n) is 4.70. The number of nitrogens with one attached hydrogen (secondary N) is 1. The van der Waals surface area contributed by atoms with E-state index in [9.17, 15) is 9.90 Å². The number of fused-ring (bicyclic) bond motifs is 1. The predicted molar refractivity (Wildman–Crippen MR) is 130 cm³/mol. The van der Waals surface area contributed by atoms with Crippen molar-refractivity contribution >= 4 is 22.8 Å². The Labute approximate surface area is 198 Å². The minimum atomic E-state index is -0.377. The topological polar surface area (TPSA) is 96.8 Å². The van der Waals surface area contributed by atoms with Crippen molar-refractivity contribution in [2.45, 2.75) is 32.3 Å². The number of nitrogens with zero attached hydrogens (tertiary/aromatic N) is 3. The van der Waals surface area contributed by atoms with Crippen molar-refractivity contribution in [1.29, 1.82) is 0 Å². The van der Waals surface area contributed by atoms with Gasteiger partial charge in [-0.3, -0.25) is 0 Å². The molecule has 178 valence electrons. The second-order valence-electron chi connectivity index (χ2n) is 9.13. The Bertz CT molecular complexity index is 1180. The Balaban J connectivity index is 1.37. The van der Waals surface area contributed by atoms with Gasteiger partial charge in [-0.15, -0.1) is 0 Å². The van der Waals surface area contributed by atoms with Gasteiger partial charge in [0.25, 0.3) is 0 Å². The van der Waals surface area contributed by atoms with Gasteiger partial charge in [-0.05, 0) is 55.5 Å². The minimum Gasteiger partial charge on any atom is -0.507 e. The quantitative estimate of drug-likeness (QED) is 0.591. The summed E-state index contributed by atoms with van der Waals surface area (Å²) in [6, 6.07) is 13.3. The molecule has 3 aromatic rings. The first kappa shape index (κ1) is 22.4. The van der Waals surface area contributed by atoms with Crippen molar-refractivity contribution in [3.8, 4) is 17.1 Å². The molecule has 8 nitrogen and oxygen atoms in total. The van der Waals surface area contributed by atoms with Crippen LogP contribution in [0, 0.1) is 12.8 Å². The lowest BCUT2D eigenvalue weighted by Gasteiger charge is -2.34. The predicted octanol–water partition coefficient (Wildman–Crippen LogP) is 4.04. The van der Waals surface area contributed by atoms with Crippen LogP contribution >= 0.6 is 0 Å². The lowest BCUT2D eigenvalue weighted by atomic mass is 9.97. The van der Waals surface area contributed by atoms with Crippen LogP contribution in [0.1, 0.15) is 24.8 Å². The number of carbonyl (C=O) groups excluding carboxylic acids is 1. The molecule has 0 radical (unpaired) electrons. The number of alkyl carbamates (subject to hydrolysis) is 1. The number of piperidine rings is 1. The van der Waals surface area contributed by atoms with Crippen molar-refractivity contribution in [2.75, 3.05) is 37.7 Å². The Morgan fingerprint density at radius 1 is 1.24 bits per heavy atom. The van der Waals surface area contributed by atoms with E-state index in [4.69, 9.17) is 19.4 Å². The van der Waals surface area contributed by atoms with Gasteiger partial charge >= 0.3 is 6.09 Å². The summed E-state index contributed by atoms with van der Waals surface area (Å²) in [6.45, 7) is 5.36. The maximum atomic E-state index is 12.2. The number of anilines is 1. The van der Waals surface area contributed by atoms with Crippen LogP contribution in [0.2, 0.25) is 0 Å². The maximum absolute atomic E-state index is 12.2. The van der Waals surface area contributed by atoms with Crippen molar-refractivity contribution in [1.82, 2.24) is 15.3 Å². The van der Waals surface area contributed by atoms with Crippen LogP contribution in [-0.2, 0) is 9.47 Å². The first-order valence-electron chi connectivity index (χ1n) is 11.9. The molecule has 5 rings (SSSR count). The number of phenols is 1. The maximum Gasteiger partial charge on any atom is 0.407 e. The van der Waals surface area contributed by atoms with Crippen molar-refractivity contribution in [2.24, 2.45) is 5.92 Å². The van der Waals surface area contributed by atoms with Gasteiger partial charge in [0, 0.05) is 31.4 Å². The number of para-hydroxylation sites is 1. The number of amides is 1. The number of aromatic nitrogens is 2. The fraction of sp³-hybridized carbons (Fsp3) is 0.423. The fourth-order valence-corrected chi connectivity index (χ4v) is 4.70. The van der Waals surface area contributed by atoms with Gasteiger partial charge in [0.05, 0.1) is 24.3 Å². The largest absolute Gasteiger partial charge is 0.507 e. The SMILES string of the molecule is Cc1ccc2c(N3CCC[C@H](CNC(=O)OC4CCOC4)C3)nc(-c3ccccc3O)nc2c1. The van der Waals surface area contributed by atoms with E-state index in [1.54, 1.807) is 12.1 Å². The Hall–Kier alpha value is -3.39. The first-order chi connectivity index (χ1) is 16.6. The average molecular weight is 463 g/mol. The molecule has 8 heteroatoms. The van der Waals surface area contributed by atoms with E-state index >= 15 is 0 Å². The molecule has 2 aliphatic heterocycles. The monoisotopic (exact) mass is 462 g/mol. The molecule has 2 aromatic carbocycles. The summed E-state index contributed by atoms with van der Waals surface area (Å²) >= 11 is 0. The van der Waals surface area contributed by atoms with E-state index in [2.05, 4.69) is 28.4 Å². The summed E-state index contributed by atoms with van der Waals surface area (Å²) in [4.78, 5) is 24.1. The number of aryl methyl sites for hydroxylation is 1. The van der Waals surface area contributed by atoms with Crippen LogP contribution < -0.4 is 10.2 Å². The highest BCUT2D eigenvalue weighted by Gasteiger charge is 2.25. The lowest BCUT2D eigenvalue weighted by molar-refractivity contribution is 0.0821. The number of phenolic OH excluding ortho intramolecular Hbond substituents is 1. The zero-order valence-electron chi connectivity index (χ0n) is 19.4. The van der Waals surface area contributed by atoms with E-state index < -0.39 is 0 Å². The normalized spacial score (nSPS) is 20.4. The molecule has 2 aliphatic rings. The van der Waals surface area contributed by atoms with Gasteiger partial charge in [-0.2, -0.15) is 0 Å². The summed E-state index contributed by atoms with van der Waals surface area (Å²) in [5, 5.41) is 14.3. The third kappa shape index (κ3) is 4.92. The molecule has 1 unspecified atom stereocenters. The molecule has 1 aromatic heterocycles. The van der Waals surface area contributed by atoms with Crippen LogP contribution in [0.5, 0.6) is 5.75 Å². The Kier molecular flexibility index (Phi) is 6.49. The molecule has 0 spiro atoms. The standard InChI is InChI=1S/C26H30N4O4/c1-17-8-9-20-22(13-17)28-24(21-6-2-3-7-23(21)31)29-25(20)30-11-4-5-18(15-30)14-27-26(32)34-19-10-12-33-16-19/h2-3,6-9,13,18-19,31H,4-5,10-12,14-16H2,1H3,(H,27,32)/t18-,19?/m1/s1. The molecule has 2 N–H and O–H groups in total. The molecule has 3 heterocycles. The number of benzene rings is 2. The molecule has 34 heavy (non-hydrogen) atoms. The zero-order chi connectivity index (χ0) is 23.5. The van der Waals surface area contributed by atoms with Gasteiger partial charge < -0.3 is 24.8 Å². The second-order valence-corrected chi connectivity index (χ2v) is 9.13. The van der Waals surface area contributed by atoms with Gasteiger partial charge in [-0.1, -0.05) is 18.2 Å². The van der Waals surface area contributed by atoms with Gasteiger partial charge in [0.2, 0.25) is 0 Å². The summed E-state index contributed by atoms with van der Waals surface area (Å²) < 4.78 is 10.7. The molecule has 0 aliphatic carbocycles. The van der Waals surface area contributed by atoms with Crippen molar-refractivity contribution < 1.29 is 19.4 Å². The first-order valence-corrected chi connectivity index (χ1v) is 11.9. The number of hydrogen-bond acceptors (Lipinski definition) is 7. The van der Waals surface area contributed by atoms with Crippen LogP contribution in [0.4, 0.5) is 10.6 Å². The molecule has 2 fully saturated rings. The highest BCUT2D eigenvalue weighted by atomic mass is 16.6. The lowest BCUT2D eigenvalue weighted by Crippen LogP contribution is -2.42. The van der Waals surface area contributed by atoms with Gasteiger partial charge in [-0.25, -0.2) is 14.8 Å². The van der Waals surface area contributed by atoms with Gasteiger partial charge in [0.15, 0.2) is 5.82 Å². The van der Waals surface area contributed by atoms with E-state index in [0.29, 0.717) is 31.1 Å². The molecule has 2 saturated heterocycles. The average Bonchev–Trinajstić information content (AvgIpc) is 3.35. The Morgan fingerprint density at radius 2 is 2.12 bits per heavy atom. The number of rotatable bonds is 5. The van der Waals surface area contributed by atoms with Crippen LogP contribution in [0.25, 0.3) is 22.3 Å². The molecule has 2 atom stereocenters. The smallest absolute Gasteiger partial charge is 0.407 e. The van der Waals surface area contributed by atoms with Crippen LogP contribution in [0.3, 0.4) is 0 Å². The second kappa shape index (κ2) is 9.85. The molecule has 0 saturated carbocycles. The summed E-state index contributed by atoms with van der Waals surface area (Å²) in [5.74, 6) is 1.81. The van der Waals surface area contributed by atoms with E-state index in [1.807, 2.05) is 19.1 Å². The molecular weight excluding hydrogens is 432 g/mol. The third-order valence-corrected chi connectivity index (χ3v) is 6.49. The Morgan fingerprint density at radius 3 is 2.94 bits per heavy atom. The number of carbonyl (C=O) groups is 1. The summed E-state index contributed by atoms with van der Waals surface area (Å²) in [5.41, 5.74) is 2.58. The van der Waals surface area contributed by atoms with Crippen molar-refractivity contribution in [3.05, 3.63) is 48.0 Å². The van der Waals surface area contributed by atoms with Crippen LogP contribution in [0.15, 0.2) is 42.5 Å². The minimum absolute atomic E-state index is 0.147. The third-order valence-electron chi connectivity index (χ3n) is 6.49. The highest BCUT2D eigenvalue weighted by molar-refractivity contribution is 5.92. The number of ether oxygens (including phenoxy) is 2. The van der Waals surface area contributed by atoms with Gasteiger partial charge in [0.1, 0.15) is 17.7 Å². The summed E-state index contributed by atoms with van der Waals surface area (Å²) in [7, 11) is 0. The number of hydrogen-bond donors (Lipinski definition) is 2. The van der Waals surface area contributed by atoms with E-state index in [0.717, 1.165) is 54.6 Å². The zero-order valence-corrected chi connectivity index (χ0v) is 19.4. The summed E-state index contributed by atoms with van der Waals surface area (Å²) in [6.07, 6.45) is 2.26. The molecular formula is C26H30N4O4. The van der Waals surface area contributed by atoms with Crippen molar-refractivity contribution in [3.63, 3.8) is 0 Å².